The van der Waals surface area contributed by atoms with Crippen LogP contribution >= 0.6 is 0 Å². The number of nitrogens with zero attached hydrogens (tertiary/aromatic N) is 1. The van der Waals surface area contributed by atoms with E-state index < -0.39 is 11.4 Å². The van der Waals surface area contributed by atoms with Gasteiger partial charge in [0.25, 0.3) is 0 Å². The zero-order chi connectivity index (χ0) is 13.5. The van der Waals surface area contributed by atoms with Crippen molar-refractivity contribution in [1.29, 1.82) is 0 Å². The highest BCUT2D eigenvalue weighted by Crippen LogP contribution is 2.57. The molecule has 0 saturated heterocycles. The van der Waals surface area contributed by atoms with Gasteiger partial charge in [0.15, 0.2) is 0 Å². The van der Waals surface area contributed by atoms with Gasteiger partial charge in [-0.15, -0.1) is 0 Å². The largest absolute Gasteiger partial charge is 0.481 e. The van der Waals surface area contributed by atoms with Gasteiger partial charge < -0.3 is 10.0 Å². The van der Waals surface area contributed by atoms with E-state index in [2.05, 4.69) is 0 Å². The van der Waals surface area contributed by atoms with Crippen LogP contribution in [0.2, 0.25) is 0 Å². The third-order valence-corrected chi connectivity index (χ3v) is 3.75. The minimum absolute atomic E-state index is 0.200. The molecule has 1 aliphatic rings. The lowest BCUT2D eigenvalue weighted by Gasteiger charge is -2.30. The van der Waals surface area contributed by atoms with Crippen molar-refractivity contribution in [2.45, 2.75) is 25.8 Å². The Morgan fingerprint density at radius 3 is 2.44 bits per heavy atom. The molecule has 1 N–H and O–H groups in total. The number of hydrogen-bond donors (Lipinski definition) is 1. The van der Waals surface area contributed by atoms with Crippen LogP contribution in [0.25, 0.3) is 0 Å². The van der Waals surface area contributed by atoms with E-state index in [-0.39, 0.29) is 11.9 Å². The first-order valence-electron chi connectivity index (χ1n) is 6.04. The summed E-state index contributed by atoms with van der Waals surface area (Å²) in [6, 6.07) is 4.66. The molecule has 2 rings (SSSR count). The van der Waals surface area contributed by atoms with Crippen LogP contribution in [-0.2, 0) is 4.79 Å². The molecule has 1 aromatic rings. The Balaban J connectivity index is 2.43. The lowest BCUT2D eigenvalue weighted by molar-refractivity contribution is -0.146. The van der Waals surface area contributed by atoms with E-state index in [1.165, 1.54) is 6.07 Å². The van der Waals surface area contributed by atoms with Crippen molar-refractivity contribution in [2.75, 3.05) is 14.1 Å². The van der Waals surface area contributed by atoms with Gasteiger partial charge in [-0.3, -0.25) is 4.79 Å². The first-order valence-corrected chi connectivity index (χ1v) is 6.04. The Hall–Kier alpha value is -1.42. The fourth-order valence-electron chi connectivity index (χ4n) is 2.69. The molecule has 0 amide bonds. The number of aryl methyl sites for hydroxylation is 1. The molecule has 1 saturated carbocycles. The number of hydrogen-bond acceptors (Lipinski definition) is 2. The van der Waals surface area contributed by atoms with Crippen molar-refractivity contribution in [3.8, 4) is 0 Å². The van der Waals surface area contributed by atoms with Crippen molar-refractivity contribution >= 4 is 5.97 Å². The third kappa shape index (κ3) is 2.01. The van der Waals surface area contributed by atoms with Gasteiger partial charge in [0.2, 0.25) is 0 Å². The fourth-order valence-corrected chi connectivity index (χ4v) is 2.69. The Labute approximate surface area is 106 Å². The number of aliphatic carboxylic acids is 1. The summed E-state index contributed by atoms with van der Waals surface area (Å²) in [6.45, 7) is 1.70. The molecule has 0 spiro atoms. The number of benzene rings is 1. The van der Waals surface area contributed by atoms with Crippen LogP contribution in [0.4, 0.5) is 4.39 Å². The molecule has 0 aromatic heterocycles. The summed E-state index contributed by atoms with van der Waals surface area (Å²) in [5.41, 5.74) is 0.729. The van der Waals surface area contributed by atoms with Crippen molar-refractivity contribution in [3.63, 3.8) is 0 Å². The van der Waals surface area contributed by atoms with Gasteiger partial charge in [-0.05, 0) is 51.1 Å². The van der Waals surface area contributed by atoms with Gasteiger partial charge in [0, 0.05) is 0 Å². The van der Waals surface area contributed by atoms with E-state index in [0.29, 0.717) is 18.4 Å². The molecule has 1 atom stereocenters. The Morgan fingerprint density at radius 1 is 1.44 bits per heavy atom. The van der Waals surface area contributed by atoms with Crippen molar-refractivity contribution in [1.82, 2.24) is 4.90 Å². The van der Waals surface area contributed by atoms with E-state index in [4.69, 9.17) is 0 Å². The Kier molecular flexibility index (Phi) is 3.15. The number of carbonyl (C=O) groups is 1. The Morgan fingerprint density at radius 2 is 2.06 bits per heavy atom. The van der Waals surface area contributed by atoms with Gasteiger partial charge in [0.1, 0.15) is 5.82 Å². The summed E-state index contributed by atoms with van der Waals surface area (Å²) in [7, 11) is 3.73. The highest BCUT2D eigenvalue weighted by molar-refractivity contribution is 5.79. The van der Waals surface area contributed by atoms with Crippen LogP contribution in [0.5, 0.6) is 0 Å². The molecule has 1 unspecified atom stereocenters. The van der Waals surface area contributed by atoms with E-state index in [1.54, 1.807) is 19.1 Å². The van der Waals surface area contributed by atoms with Gasteiger partial charge >= 0.3 is 5.97 Å². The van der Waals surface area contributed by atoms with Crippen molar-refractivity contribution in [3.05, 3.63) is 35.1 Å². The van der Waals surface area contributed by atoms with Crippen molar-refractivity contribution in [2.24, 2.45) is 5.41 Å². The number of rotatable bonds is 4. The first-order chi connectivity index (χ1) is 8.38. The molecule has 0 heterocycles. The minimum atomic E-state index is -0.761. The number of carboxylic acid groups (broad SMARTS) is 1. The highest BCUT2D eigenvalue weighted by atomic mass is 19.1. The maximum atomic E-state index is 13.3. The smallest absolute Gasteiger partial charge is 0.311 e. The maximum Gasteiger partial charge on any atom is 0.311 e. The number of halogens is 1. The molecular formula is C14H18FNO2. The minimum Gasteiger partial charge on any atom is -0.481 e. The molecule has 0 aliphatic heterocycles. The Bertz CT molecular complexity index is 481. The molecule has 3 nitrogen and oxygen atoms in total. The second-order valence-corrected chi connectivity index (χ2v) is 5.34. The number of carboxylic acids is 1. The van der Waals surface area contributed by atoms with E-state index in [9.17, 15) is 14.3 Å². The van der Waals surface area contributed by atoms with Gasteiger partial charge in [0.05, 0.1) is 11.5 Å². The SMILES string of the molecule is Cc1cc(C(N(C)C)C2(C(=O)O)CC2)ccc1F. The highest BCUT2D eigenvalue weighted by Gasteiger charge is 2.57. The predicted molar refractivity (Wildman–Crippen MR) is 66.9 cm³/mol. The lowest BCUT2D eigenvalue weighted by atomic mass is 9.88. The predicted octanol–water partition coefficient (Wildman–Crippen LogP) is 2.60. The second-order valence-electron chi connectivity index (χ2n) is 5.34. The summed E-state index contributed by atoms with van der Waals surface area (Å²) in [6.07, 6.45) is 1.36. The molecule has 1 aromatic carbocycles. The quantitative estimate of drug-likeness (QED) is 0.894. The average Bonchev–Trinajstić information content (AvgIpc) is 3.04. The van der Waals surface area contributed by atoms with Gasteiger partial charge in [-0.25, -0.2) is 4.39 Å². The van der Waals surface area contributed by atoms with E-state index in [0.717, 1.165) is 5.56 Å². The molecule has 0 radical (unpaired) electrons. The molecule has 4 heteroatoms. The molecule has 1 fully saturated rings. The van der Waals surface area contributed by atoms with Crippen molar-refractivity contribution < 1.29 is 14.3 Å². The fraction of sp³-hybridized carbons (Fsp3) is 0.500. The summed E-state index contributed by atoms with van der Waals surface area (Å²) in [5.74, 6) is -1.01. The zero-order valence-electron chi connectivity index (χ0n) is 10.9. The van der Waals surface area contributed by atoms with Gasteiger partial charge in [-0.2, -0.15) is 0 Å². The molecule has 98 valence electrons. The molecule has 1 aliphatic carbocycles. The second kappa shape index (κ2) is 4.35. The summed E-state index contributed by atoms with van der Waals surface area (Å²) >= 11 is 0. The summed E-state index contributed by atoms with van der Waals surface area (Å²) in [5, 5.41) is 9.41. The lowest BCUT2D eigenvalue weighted by Crippen LogP contribution is -2.34. The van der Waals surface area contributed by atoms with Crippen LogP contribution in [-0.4, -0.2) is 30.1 Å². The topological polar surface area (TPSA) is 40.5 Å². The molecular weight excluding hydrogens is 233 g/mol. The monoisotopic (exact) mass is 251 g/mol. The van der Waals surface area contributed by atoms with E-state index in [1.807, 2.05) is 19.0 Å². The van der Waals surface area contributed by atoms with Gasteiger partial charge in [-0.1, -0.05) is 12.1 Å². The van der Waals surface area contributed by atoms with Crippen LogP contribution in [0, 0.1) is 18.2 Å². The standard InChI is InChI=1S/C14H18FNO2/c1-9-8-10(4-5-11(9)15)12(16(2)3)14(6-7-14)13(17)18/h4-5,8,12H,6-7H2,1-3H3,(H,17,18). The average molecular weight is 251 g/mol. The summed E-state index contributed by atoms with van der Waals surface area (Å²) < 4.78 is 13.3. The van der Waals surface area contributed by atoms with Crippen LogP contribution < -0.4 is 0 Å². The third-order valence-electron chi connectivity index (χ3n) is 3.75. The molecule has 0 bridgehead atoms. The maximum absolute atomic E-state index is 13.3. The van der Waals surface area contributed by atoms with Crippen LogP contribution in [0.1, 0.15) is 30.0 Å². The van der Waals surface area contributed by atoms with Crippen LogP contribution in [0.15, 0.2) is 18.2 Å². The van der Waals surface area contributed by atoms with Crippen LogP contribution in [0.3, 0.4) is 0 Å². The molecule has 18 heavy (non-hydrogen) atoms. The van der Waals surface area contributed by atoms with E-state index >= 15 is 0 Å². The summed E-state index contributed by atoms with van der Waals surface area (Å²) in [4.78, 5) is 13.4. The normalized spacial score (nSPS) is 18.7. The first kappa shape index (κ1) is 13.0. The zero-order valence-corrected chi connectivity index (χ0v) is 10.9.